The number of hydrogen-bond donors (Lipinski definition) is 1. The molecule has 0 aromatic heterocycles. The molecule has 0 radical (unpaired) electrons. The van der Waals surface area contributed by atoms with Crippen molar-refractivity contribution in [3.8, 4) is 0 Å². The largest absolute Gasteiger partial charge is 0.326 e. The van der Waals surface area contributed by atoms with Gasteiger partial charge < -0.3 is 5.32 Å². The van der Waals surface area contributed by atoms with Gasteiger partial charge in [0.05, 0.1) is 17.9 Å². The Morgan fingerprint density at radius 2 is 1.92 bits per heavy atom. The van der Waals surface area contributed by atoms with E-state index in [1.54, 1.807) is 12.1 Å². The summed E-state index contributed by atoms with van der Waals surface area (Å²) in [4.78, 5) is 12.1. The number of amides is 1. The minimum absolute atomic E-state index is 0.0952. The summed E-state index contributed by atoms with van der Waals surface area (Å²) < 4.78 is 25.5. The Kier molecular flexibility index (Phi) is 4.57. The SMILES string of the molecule is Cc1cc(NC(=O)Cc2ccccc2)ccc1N1CCCS1(=O)=O. The lowest BCUT2D eigenvalue weighted by Crippen LogP contribution is -2.25. The molecule has 0 aliphatic carbocycles. The van der Waals surface area contributed by atoms with E-state index < -0.39 is 10.0 Å². The lowest BCUT2D eigenvalue weighted by molar-refractivity contribution is -0.115. The van der Waals surface area contributed by atoms with Crippen LogP contribution in [0.1, 0.15) is 17.5 Å². The highest BCUT2D eigenvalue weighted by atomic mass is 32.2. The molecule has 0 bridgehead atoms. The van der Waals surface area contributed by atoms with Gasteiger partial charge in [-0.2, -0.15) is 0 Å². The number of carbonyl (C=O) groups is 1. The third-order valence-electron chi connectivity index (χ3n) is 4.06. The van der Waals surface area contributed by atoms with Crippen LogP contribution in [0.4, 0.5) is 11.4 Å². The van der Waals surface area contributed by atoms with E-state index in [9.17, 15) is 13.2 Å². The van der Waals surface area contributed by atoms with E-state index in [1.165, 1.54) is 4.31 Å². The summed E-state index contributed by atoms with van der Waals surface area (Å²) >= 11 is 0. The number of nitrogens with one attached hydrogen (secondary N) is 1. The molecular formula is C18H20N2O3S. The average molecular weight is 344 g/mol. The number of hydrogen-bond acceptors (Lipinski definition) is 3. The fourth-order valence-corrected chi connectivity index (χ4v) is 4.54. The minimum Gasteiger partial charge on any atom is -0.326 e. The second-order valence-corrected chi connectivity index (χ2v) is 7.97. The first kappa shape index (κ1) is 16.5. The second-order valence-electron chi connectivity index (χ2n) is 5.95. The molecule has 1 N–H and O–H groups in total. The van der Waals surface area contributed by atoms with Crippen molar-refractivity contribution in [2.24, 2.45) is 0 Å². The van der Waals surface area contributed by atoms with Crippen LogP contribution in [0.2, 0.25) is 0 Å². The van der Waals surface area contributed by atoms with Crippen molar-refractivity contribution in [3.05, 3.63) is 59.7 Å². The van der Waals surface area contributed by atoms with Gasteiger partial charge in [-0.25, -0.2) is 8.42 Å². The molecule has 1 saturated heterocycles. The van der Waals surface area contributed by atoms with Crippen molar-refractivity contribution >= 4 is 27.3 Å². The maximum absolute atomic E-state index is 12.1. The molecular weight excluding hydrogens is 324 g/mol. The first-order valence-electron chi connectivity index (χ1n) is 7.90. The molecule has 2 aromatic rings. The van der Waals surface area contributed by atoms with E-state index in [1.807, 2.05) is 43.3 Å². The number of aryl methyl sites for hydroxylation is 1. The monoisotopic (exact) mass is 344 g/mol. The number of nitrogens with zero attached hydrogens (tertiary/aromatic N) is 1. The summed E-state index contributed by atoms with van der Waals surface area (Å²) in [5.74, 6) is 0.101. The predicted molar refractivity (Wildman–Crippen MR) is 95.7 cm³/mol. The highest BCUT2D eigenvalue weighted by molar-refractivity contribution is 7.93. The molecule has 3 rings (SSSR count). The average Bonchev–Trinajstić information content (AvgIpc) is 2.87. The van der Waals surface area contributed by atoms with Crippen LogP contribution in [0, 0.1) is 6.92 Å². The summed E-state index contributed by atoms with van der Waals surface area (Å²) in [5, 5.41) is 2.86. The van der Waals surface area contributed by atoms with Crippen LogP contribution >= 0.6 is 0 Å². The summed E-state index contributed by atoms with van der Waals surface area (Å²) in [6.07, 6.45) is 0.958. The lowest BCUT2D eigenvalue weighted by atomic mass is 10.1. The summed E-state index contributed by atoms with van der Waals surface area (Å²) in [5.41, 5.74) is 3.15. The Balaban J connectivity index is 1.72. The molecule has 1 aliphatic heterocycles. The molecule has 1 heterocycles. The molecule has 6 heteroatoms. The van der Waals surface area contributed by atoms with Gasteiger partial charge in [-0.1, -0.05) is 30.3 Å². The number of benzene rings is 2. The molecule has 0 unspecified atom stereocenters. The maximum Gasteiger partial charge on any atom is 0.235 e. The van der Waals surface area contributed by atoms with Gasteiger partial charge in [-0.05, 0) is 42.7 Å². The zero-order valence-corrected chi connectivity index (χ0v) is 14.3. The third-order valence-corrected chi connectivity index (χ3v) is 5.91. The van der Waals surface area contributed by atoms with Gasteiger partial charge >= 0.3 is 0 Å². The van der Waals surface area contributed by atoms with Crippen LogP contribution in [0.3, 0.4) is 0 Å². The topological polar surface area (TPSA) is 66.5 Å². The Bertz CT molecular complexity index is 848. The zero-order chi connectivity index (χ0) is 17.2. The van der Waals surface area contributed by atoms with Gasteiger partial charge in [-0.15, -0.1) is 0 Å². The van der Waals surface area contributed by atoms with E-state index in [4.69, 9.17) is 0 Å². The Hall–Kier alpha value is -2.34. The van der Waals surface area contributed by atoms with Gasteiger partial charge in [0.15, 0.2) is 0 Å². The summed E-state index contributed by atoms with van der Waals surface area (Å²) in [7, 11) is -3.19. The van der Waals surface area contributed by atoms with Gasteiger partial charge in [0.2, 0.25) is 15.9 Å². The molecule has 1 fully saturated rings. The normalized spacial score (nSPS) is 16.1. The molecule has 24 heavy (non-hydrogen) atoms. The molecule has 5 nitrogen and oxygen atoms in total. The Morgan fingerprint density at radius 3 is 2.54 bits per heavy atom. The van der Waals surface area contributed by atoms with Crippen LogP contribution in [0.25, 0.3) is 0 Å². The number of rotatable bonds is 4. The smallest absolute Gasteiger partial charge is 0.235 e. The molecule has 0 spiro atoms. The van der Waals surface area contributed by atoms with Crippen LogP contribution in [0.15, 0.2) is 48.5 Å². The third kappa shape index (κ3) is 3.59. The van der Waals surface area contributed by atoms with Crippen LogP contribution < -0.4 is 9.62 Å². The van der Waals surface area contributed by atoms with Crippen molar-refractivity contribution in [2.45, 2.75) is 19.8 Å². The Labute approximate surface area is 142 Å². The van der Waals surface area contributed by atoms with Gasteiger partial charge in [0, 0.05) is 12.2 Å². The van der Waals surface area contributed by atoms with Gasteiger partial charge in [-0.3, -0.25) is 9.10 Å². The van der Waals surface area contributed by atoms with Gasteiger partial charge in [0.1, 0.15) is 0 Å². The van der Waals surface area contributed by atoms with Crippen molar-refractivity contribution in [3.63, 3.8) is 0 Å². The molecule has 1 amide bonds. The van der Waals surface area contributed by atoms with Gasteiger partial charge in [0.25, 0.3) is 0 Å². The fraction of sp³-hybridized carbons (Fsp3) is 0.278. The number of sulfonamides is 1. The van der Waals surface area contributed by atoms with Crippen LogP contribution in [-0.4, -0.2) is 26.6 Å². The van der Waals surface area contributed by atoms with E-state index in [2.05, 4.69) is 5.32 Å². The number of anilines is 2. The zero-order valence-electron chi connectivity index (χ0n) is 13.5. The van der Waals surface area contributed by atoms with E-state index in [0.717, 1.165) is 11.1 Å². The van der Waals surface area contributed by atoms with Crippen LogP contribution in [0.5, 0.6) is 0 Å². The first-order valence-corrected chi connectivity index (χ1v) is 9.51. The Morgan fingerprint density at radius 1 is 1.17 bits per heavy atom. The quantitative estimate of drug-likeness (QED) is 0.927. The van der Waals surface area contributed by atoms with Crippen molar-refractivity contribution in [2.75, 3.05) is 21.9 Å². The summed E-state index contributed by atoms with van der Waals surface area (Å²) in [6, 6.07) is 14.9. The van der Waals surface area contributed by atoms with Crippen LogP contribution in [-0.2, 0) is 21.2 Å². The molecule has 2 aromatic carbocycles. The number of carbonyl (C=O) groups excluding carboxylic acids is 1. The highest BCUT2D eigenvalue weighted by Gasteiger charge is 2.29. The van der Waals surface area contributed by atoms with Crippen molar-refractivity contribution < 1.29 is 13.2 Å². The second kappa shape index (κ2) is 6.65. The van der Waals surface area contributed by atoms with E-state index >= 15 is 0 Å². The molecule has 0 saturated carbocycles. The van der Waals surface area contributed by atoms with E-state index in [0.29, 0.717) is 30.8 Å². The molecule has 1 aliphatic rings. The summed E-state index contributed by atoms with van der Waals surface area (Å²) in [6.45, 7) is 2.37. The fourth-order valence-electron chi connectivity index (χ4n) is 2.91. The van der Waals surface area contributed by atoms with Crippen molar-refractivity contribution in [1.82, 2.24) is 0 Å². The maximum atomic E-state index is 12.1. The molecule has 0 atom stereocenters. The lowest BCUT2D eigenvalue weighted by Gasteiger charge is -2.20. The minimum atomic E-state index is -3.19. The predicted octanol–water partition coefficient (Wildman–Crippen LogP) is 2.72. The molecule has 126 valence electrons. The first-order chi connectivity index (χ1) is 11.5. The van der Waals surface area contributed by atoms with E-state index in [-0.39, 0.29) is 11.7 Å². The highest BCUT2D eigenvalue weighted by Crippen LogP contribution is 2.29. The standard InChI is InChI=1S/C18H20N2O3S/c1-14-12-16(19-18(21)13-15-6-3-2-4-7-15)8-9-17(14)20-10-5-11-24(20,22)23/h2-4,6-9,12H,5,10-11,13H2,1H3,(H,19,21). The van der Waals surface area contributed by atoms with Crippen molar-refractivity contribution in [1.29, 1.82) is 0 Å².